The number of fused-ring (bicyclic) bond motifs is 2. The number of allylic oxidation sites excluding steroid dienone is 1. The summed E-state index contributed by atoms with van der Waals surface area (Å²) in [7, 11) is 1.43. The number of benzene rings is 3. The van der Waals surface area contributed by atoms with Crippen LogP contribution >= 0.6 is 0 Å². The number of ketones is 2. The molecule has 7 heteroatoms. The number of hydrogen-bond donors (Lipinski definition) is 0. The predicted molar refractivity (Wildman–Crippen MR) is 118 cm³/mol. The summed E-state index contributed by atoms with van der Waals surface area (Å²) in [6, 6.07) is 18.5. The minimum Gasteiger partial charge on any atom is -0.493 e. The van der Waals surface area contributed by atoms with E-state index >= 15 is 0 Å². The van der Waals surface area contributed by atoms with Gasteiger partial charge in [-0.2, -0.15) is 0 Å². The monoisotopic (exact) mass is 442 g/mol. The average molecular weight is 442 g/mol. The topological polar surface area (TPSA) is 88.1 Å². The highest BCUT2D eigenvalue weighted by molar-refractivity contribution is 6.41. The van der Waals surface area contributed by atoms with Gasteiger partial charge in [-0.3, -0.25) is 9.59 Å². The van der Waals surface area contributed by atoms with Crippen LogP contribution in [0.5, 0.6) is 23.0 Å². The Bertz CT molecular complexity index is 1280. The zero-order chi connectivity index (χ0) is 22.9. The van der Waals surface area contributed by atoms with Crippen molar-refractivity contribution in [3.8, 4) is 23.0 Å². The molecule has 0 fully saturated rings. The van der Waals surface area contributed by atoms with E-state index in [1.54, 1.807) is 54.6 Å². The number of esters is 1. The van der Waals surface area contributed by atoms with Crippen molar-refractivity contribution in [2.24, 2.45) is 0 Å². The maximum absolute atomic E-state index is 12.6. The molecule has 1 unspecified atom stereocenters. The third kappa shape index (κ3) is 3.74. The van der Waals surface area contributed by atoms with Gasteiger partial charge in [-0.15, -0.1) is 0 Å². The molecule has 3 aromatic rings. The number of ether oxygens (including phenoxy) is 4. The van der Waals surface area contributed by atoms with Gasteiger partial charge in [-0.1, -0.05) is 42.5 Å². The largest absolute Gasteiger partial charge is 0.493 e. The average Bonchev–Trinajstić information content (AvgIpc) is 3.09. The number of para-hydroxylation sites is 2. The summed E-state index contributed by atoms with van der Waals surface area (Å²) in [6.07, 6.45) is 0.576. The first kappa shape index (κ1) is 20.5. The molecular formula is C26H18O7. The lowest BCUT2D eigenvalue weighted by molar-refractivity contribution is -0.144. The van der Waals surface area contributed by atoms with Crippen molar-refractivity contribution in [3.63, 3.8) is 0 Å². The van der Waals surface area contributed by atoms with Crippen molar-refractivity contribution in [1.82, 2.24) is 0 Å². The molecule has 164 valence electrons. The summed E-state index contributed by atoms with van der Waals surface area (Å²) in [5, 5.41) is 0. The lowest BCUT2D eigenvalue weighted by Crippen LogP contribution is -2.39. The maximum Gasteiger partial charge on any atom is 0.356 e. The zero-order valence-electron chi connectivity index (χ0n) is 17.6. The van der Waals surface area contributed by atoms with Crippen molar-refractivity contribution in [1.29, 1.82) is 0 Å². The molecule has 3 aromatic carbocycles. The van der Waals surface area contributed by atoms with Gasteiger partial charge in [0.15, 0.2) is 34.6 Å². The molecule has 1 heterocycles. The van der Waals surface area contributed by atoms with Crippen molar-refractivity contribution >= 4 is 23.6 Å². The summed E-state index contributed by atoms with van der Waals surface area (Å²) in [5.41, 5.74) is 1.42. The number of Topliss-reactive ketones (excluding diaryl/α,β-unsaturated/α-hetero) is 2. The van der Waals surface area contributed by atoms with E-state index in [0.717, 1.165) is 0 Å². The zero-order valence-corrected chi connectivity index (χ0v) is 17.6. The van der Waals surface area contributed by atoms with Gasteiger partial charge in [0.25, 0.3) is 0 Å². The molecule has 0 spiro atoms. The van der Waals surface area contributed by atoms with Gasteiger partial charge < -0.3 is 18.9 Å². The fourth-order valence-electron chi connectivity index (χ4n) is 3.74. The molecule has 0 bridgehead atoms. The molecule has 1 aliphatic carbocycles. The van der Waals surface area contributed by atoms with Crippen LogP contribution in [-0.4, -0.2) is 37.4 Å². The Kier molecular flexibility index (Phi) is 5.14. The van der Waals surface area contributed by atoms with Gasteiger partial charge in [-0.05, 0) is 35.9 Å². The minimum atomic E-state index is -0.932. The Morgan fingerprint density at radius 2 is 1.58 bits per heavy atom. The van der Waals surface area contributed by atoms with Crippen LogP contribution in [0, 0.1) is 0 Å². The standard InChI is InChI=1S/C26H18O7/c1-30-22-13-15(12-18-24(27)16-6-2-3-7-17(16)25(18)28)10-11-21(22)33-26(29)23-14-31-19-8-4-5-9-20(19)32-23/h2-13,23H,14H2,1H3. The molecule has 0 amide bonds. The summed E-state index contributed by atoms with van der Waals surface area (Å²) < 4.78 is 22.1. The van der Waals surface area contributed by atoms with Crippen LogP contribution < -0.4 is 18.9 Å². The summed E-state index contributed by atoms with van der Waals surface area (Å²) in [6.45, 7) is 0.0210. The second-order valence-corrected chi connectivity index (χ2v) is 7.46. The number of rotatable bonds is 4. The van der Waals surface area contributed by atoms with E-state index in [1.165, 1.54) is 19.3 Å². The quantitative estimate of drug-likeness (QED) is 0.262. The van der Waals surface area contributed by atoms with E-state index < -0.39 is 12.1 Å². The van der Waals surface area contributed by atoms with Crippen molar-refractivity contribution < 1.29 is 33.3 Å². The lowest BCUT2D eigenvalue weighted by atomic mass is 10.1. The Balaban J connectivity index is 1.35. The summed E-state index contributed by atoms with van der Waals surface area (Å²) >= 11 is 0. The smallest absolute Gasteiger partial charge is 0.356 e. The van der Waals surface area contributed by atoms with Crippen LogP contribution in [0.15, 0.2) is 72.3 Å². The Morgan fingerprint density at radius 1 is 0.909 bits per heavy atom. The molecule has 0 aromatic heterocycles. The first-order valence-corrected chi connectivity index (χ1v) is 10.2. The lowest BCUT2D eigenvalue weighted by Gasteiger charge is -2.25. The minimum absolute atomic E-state index is 0.0210. The molecular weight excluding hydrogens is 424 g/mol. The van der Waals surface area contributed by atoms with Gasteiger partial charge in [-0.25, -0.2) is 4.79 Å². The first-order valence-electron chi connectivity index (χ1n) is 10.2. The van der Waals surface area contributed by atoms with Gasteiger partial charge in [0.1, 0.15) is 6.61 Å². The number of carbonyl (C=O) groups is 3. The first-order chi connectivity index (χ1) is 16.0. The van der Waals surface area contributed by atoms with E-state index in [2.05, 4.69) is 0 Å². The molecule has 0 radical (unpaired) electrons. The normalized spacial score (nSPS) is 16.3. The van der Waals surface area contributed by atoms with Crippen LogP contribution in [0.1, 0.15) is 26.3 Å². The van der Waals surface area contributed by atoms with Crippen molar-refractivity contribution in [2.45, 2.75) is 6.10 Å². The Morgan fingerprint density at radius 3 is 2.27 bits per heavy atom. The highest BCUT2D eigenvalue weighted by Gasteiger charge is 2.33. The molecule has 1 aliphatic heterocycles. The highest BCUT2D eigenvalue weighted by atomic mass is 16.6. The fraction of sp³-hybridized carbons (Fsp3) is 0.115. The van der Waals surface area contributed by atoms with Crippen LogP contribution in [-0.2, 0) is 4.79 Å². The van der Waals surface area contributed by atoms with E-state index in [-0.39, 0.29) is 35.2 Å². The molecule has 33 heavy (non-hydrogen) atoms. The maximum atomic E-state index is 12.6. The van der Waals surface area contributed by atoms with E-state index in [9.17, 15) is 14.4 Å². The summed E-state index contributed by atoms with van der Waals surface area (Å²) in [5.74, 6) is 0.205. The highest BCUT2D eigenvalue weighted by Crippen LogP contribution is 2.34. The van der Waals surface area contributed by atoms with Gasteiger partial charge in [0, 0.05) is 11.1 Å². The van der Waals surface area contributed by atoms with E-state index in [4.69, 9.17) is 18.9 Å². The van der Waals surface area contributed by atoms with Crippen LogP contribution in [0.4, 0.5) is 0 Å². The Labute approximate surface area is 189 Å². The Hall–Kier alpha value is -4.39. The second kappa shape index (κ2) is 8.27. The van der Waals surface area contributed by atoms with E-state index in [0.29, 0.717) is 28.2 Å². The fourth-order valence-corrected chi connectivity index (χ4v) is 3.74. The second-order valence-electron chi connectivity index (χ2n) is 7.46. The number of hydrogen-bond acceptors (Lipinski definition) is 7. The van der Waals surface area contributed by atoms with Crippen LogP contribution in [0.2, 0.25) is 0 Å². The third-order valence-corrected chi connectivity index (χ3v) is 5.39. The van der Waals surface area contributed by atoms with E-state index in [1.807, 2.05) is 6.07 Å². The predicted octanol–water partition coefficient (Wildman–Crippen LogP) is 3.90. The molecule has 0 N–H and O–H groups in total. The SMILES string of the molecule is COc1cc(C=C2C(=O)c3ccccc3C2=O)ccc1OC(=O)C1COc2ccccc2O1. The van der Waals surface area contributed by atoms with Crippen LogP contribution in [0.3, 0.4) is 0 Å². The number of methoxy groups -OCH3 is 1. The molecule has 7 nitrogen and oxygen atoms in total. The molecule has 1 atom stereocenters. The molecule has 0 saturated heterocycles. The van der Waals surface area contributed by atoms with Gasteiger partial charge in [0.2, 0.25) is 6.10 Å². The van der Waals surface area contributed by atoms with Crippen LogP contribution in [0.25, 0.3) is 6.08 Å². The third-order valence-electron chi connectivity index (χ3n) is 5.39. The molecule has 0 saturated carbocycles. The van der Waals surface area contributed by atoms with Crippen molar-refractivity contribution in [2.75, 3.05) is 13.7 Å². The molecule has 2 aliphatic rings. The van der Waals surface area contributed by atoms with Crippen molar-refractivity contribution in [3.05, 3.63) is 89.0 Å². The van der Waals surface area contributed by atoms with Gasteiger partial charge in [0.05, 0.1) is 12.7 Å². The summed E-state index contributed by atoms with van der Waals surface area (Å²) in [4.78, 5) is 37.9. The van der Waals surface area contributed by atoms with Gasteiger partial charge >= 0.3 is 5.97 Å². The molecule has 5 rings (SSSR count). The number of carbonyl (C=O) groups excluding carboxylic acids is 3.